The normalized spacial score (nSPS) is 10.6. The van der Waals surface area contributed by atoms with Crippen LogP contribution in [-0.2, 0) is 4.79 Å². The second-order valence-corrected chi connectivity index (χ2v) is 10.3. The third-order valence-corrected chi connectivity index (χ3v) is 6.44. The highest BCUT2D eigenvalue weighted by Gasteiger charge is 2.15. The van der Waals surface area contributed by atoms with Gasteiger partial charge in [-0.15, -0.1) is 0 Å². The van der Waals surface area contributed by atoms with Gasteiger partial charge in [-0.1, -0.05) is 45.2 Å². The molecule has 12 heteroatoms. The molecule has 4 aromatic carbocycles. The van der Waals surface area contributed by atoms with Gasteiger partial charge < -0.3 is 14.8 Å². The molecule has 0 spiro atoms. The topological polar surface area (TPSA) is 123 Å². The summed E-state index contributed by atoms with van der Waals surface area (Å²) < 4.78 is 11.7. The van der Waals surface area contributed by atoms with E-state index in [2.05, 4.69) is 31.8 Å². The van der Waals surface area contributed by atoms with Crippen molar-refractivity contribution in [1.82, 2.24) is 10.7 Å². The van der Waals surface area contributed by atoms with Gasteiger partial charge in [0.2, 0.25) is 0 Å². The summed E-state index contributed by atoms with van der Waals surface area (Å²) in [6, 6.07) is 23.2. The van der Waals surface area contributed by atoms with Gasteiger partial charge in [0.25, 0.3) is 11.8 Å². The van der Waals surface area contributed by atoms with E-state index in [4.69, 9.17) is 32.7 Å². The van der Waals surface area contributed by atoms with Crippen molar-refractivity contribution in [3.63, 3.8) is 0 Å². The molecule has 0 fully saturated rings. The van der Waals surface area contributed by atoms with Crippen molar-refractivity contribution in [2.75, 3.05) is 6.54 Å². The van der Waals surface area contributed by atoms with Gasteiger partial charge in [-0.3, -0.25) is 9.59 Å². The molecule has 0 atom stereocenters. The fourth-order valence-electron chi connectivity index (χ4n) is 3.38. The Bertz CT molecular complexity index is 1660. The Labute approximate surface area is 258 Å². The zero-order valence-electron chi connectivity index (χ0n) is 21.5. The molecule has 0 heterocycles. The summed E-state index contributed by atoms with van der Waals surface area (Å²) in [7, 11) is 0. The lowest BCUT2D eigenvalue weighted by molar-refractivity contribution is -0.120. The van der Waals surface area contributed by atoms with E-state index < -0.39 is 23.8 Å². The van der Waals surface area contributed by atoms with Gasteiger partial charge in [0, 0.05) is 31.7 Å². The minimum Gasteiger partial charge on any atom is -0.423 e. The molecule has 42 heavy (non-hydrogen) atoms. The predicted octanol–water partition coefficient (Wildman–Crippen LogP) is 6.07. The summed E-state index contributed by atoms with van der Waals surface area (Å²) in [5, 5.41) is 7.30. The molecule has 0 unspecified atom stereocenters. The lowest BCUT2D eigenvalue weighted by atomic mass is 10.2. The average molecular weight is 669 g/mol. The number of ether oxygens (including phenoxy) is 2. The van der Waals surface area contributed by atoms with Crippen LogP contribution in [0, 0.1) is 0 Å². The molecule has 2 N–H and O–H groups in total. The van der Waals surface area contributed by atoms with Crippen LogP contribution in [0.3, 0.4) is 0 Å². The highest BCUT2D eigenvalue weighted by atomic mass is 79.9. The molecule has 212 valence electrons. The molecule has 9 nitrogen and oxygen atoms in total. The monoisotopic (exact) mass is 667 g/mol. The Balaban J connectivity index is 1.46. The first kappa shape index (κ1) is 30.4. The second kappa shape index (κ2) is 14.4. The molecule has 0 radical (unpaired) electrons. The number of esters is 2. The number of carbonyl (C=O) groups excluding carboxylic acids is 4. The van der Waals surface area contributed by atoms with Gasteiger partial charge in [-0.2, -0.15) is 5.10 Å². The first-order valence-corrected chi connectivity index (χ1v) is 13.7. The number of hydrazone groups is 1. The van der Waals surface area contributed by atoms with E-state index in [0.29, 0.717) is 15.6 Å². The van der Waals surface area contributed by atoms with E-state index in [1.165, 1.54) is 60.8 Å². The van der Waals surface area contributed by atoms with Crippen LogP contribution >= 0.6 is 39.1 Å². The van der Waals surface area contributed by atoms with Gasteiger partial charge in [-0.25, -0.2) is 15.0 Å². The lowest BCUT2D eigenvalue weighted by Crippen LogP contribution is -2.34. The molecule has 0 saturated carbocycles. The van der Waals surface area contributed by atoms with Crippen LogP contribution in [0.25, 0.3) is 0 Å². The molecule has 0 bridgehead atoms. The maximum absolute atomic E-state index is 12.8. The van der Waals surface area contributed by atoms with Crippen molar-refractivity contribution < 1.29 is 28.7 Å². The molecule has 4 rings (SSSR count). The van der Waals surface area contributed by atoms with E-state index in [1.807, 2.05) is 0 Å². The minimum atomic E-state index is -0.707. The smallest absolute Gasteiger partial charge is 0.343 e. The van der Waals surface area contributed by atoms with Crippen LogP contribution in [0.4, 0.5) is 0 Å². The summed E-state index contributed by atoms with van der Waals surface area (Å²) in [6.45, 7) is -0.333. The van der Waals surface area contributed by atoms with Crippen LogP contribution in [0.5, 0.6) is 11.5 Å². The summed E-state index contributed by atoms with van der Waals surface area (Å²) in [5.41, 5.74) is 3.44. The predicted molar refractivity (Wildman–Crippen MR) is 161 cm³/mol. The maximum Gasteiger partial charge on any atom is 0.343 e. The Morgan fingerprint density at radius 1 is 0.762 bits per heavy atom. The van der Waals surface area contributed by atoms with Gasteiger partial charge in [0.15, 0.2) is 0 Å². The van der Waals surface area contributed by atoms with Crippen molar-refractivity contribution in [3.05, 3.63) is 128 Å². The number of hydrogen-bond donors (Lipinski definition) is 2. The number of hydrogen-bond acceptors (Lipinski definition) is 7. The molecule has 0 aromatic heterocycles. The third-order valence-electron chi connectivity index (χ3n) is 5.45. The Morgan fingerprint density at radius 3 is 2.00 bits per heavy atom. The van der Waals surface area contributed by atoms with Crippen LogP contribution in [0.1, 0.15) is 36.6 Å². The molecule has 0 aliphatic carbocycles. The van der Waals surface area contributed by atoms with E-state index in [-0.39, 0.29) is 34.7 Å². The molecular weight excluding hydrogens is 649 g/mol. The molecular formula is C30H20BrCl2N3O6. The fraction of sp³-hybridized carbons (Fsp3) is 0.0333. The average Bonchev–Trinajstić information content (AvgIpc) is 2.97. The molecule has 4 aromatic rings. The summed E-state index contributed by atoms with van der Waals surface area (Å²) in [5.74, 6) is -2.30. The van der Waals surface area contributed by atoms with Crippen molar-refractivity contribution in [2.24, 2.45) is 5.10 Å². The Kier molecular flexibility index (Phi) is 10.4. The highest BCUT2D eigenvalue weighted by molar-refractivity contribution is 9.10. The van der Waals surface area contributed by atoms with E-state index in [0.717, 1.165) is 4.47 Å². The number of nitrogens with zero attached hydrogens (tertiary/aromatic N) is 1. The highest BCUT2D eigenvalue weighted by Crippen LogP contribution is 2.26. The first-order valence-electron chi connectivity index (χ1n) is 12.1. The number of carbonyl (C=O) groups is 4. The van der Waals surface area contributed by atoms with Crippen molar-refractivity contribution in [2.45, 2.75) is 0 Å². The molecule has 0 aliphatic heterocycles. The summed E-state index contributed by atoms with van der Waals surface area (Å²) in [6.07, 6.45) is 1.24. The minimum absolute atomic E-state index is 0.00249. The molecule has 2 amide bonds. The van der Waals surface area contributed by atoms with Crippen LogP contribution in [0.15, 0.2) is 101 Å². The van der Waals surface area contributed by atoms with Gasteiger partial charge in [-0.05, 0) is 78.9 Å². The van der Waals surface area contributed by atoms with Gasteiger partial charge in [0.1, 0.15) is 11.5 Å². The van der Waals surface area contributed by atoms with E-state index >= 15 is 0 Å². The number of amides is 2. The Morgan fingerprint density at radius 2 is 1.38 bits per heavy atom. The number of nitrogens with one attached hydrogen (secondary N) is 2. The SMILES string of the molecule is O=C(CNC(=O)c1cccc(Br)c1)N/N=C\c1ccc(OC(=O)c2ccc(Cl)cc2)cc1OC(=O)c1ccc(Cl)cc1. The maximum atomic E-state index is 12.8. The quantitative estimate of drug-likeness (QED) is 0.0966. The number of halogens is 3. The number of benzene rings is 4. The van der Waals surface area contributed by atoms with Crippen molar-refractivity contribution in [1.29, 1.82) is 0 Å². The number of rotatable bonds is 9. The lowest BCUT2D eigenvalue weighted by Gasteiger charge is -2.11. The third kappa shape index (κ3) is 8.74. The first-order chi connectivity index (χ1) is 20.2. The fourth-order valence-corrected chi connectivity index (χ4v) is 4.03. The van der Waals surface area contributed by atoms with Crippen LogP contribution < -0.4 is 20.2 Å². The van der Waals surface area contributed by atoms with Gasteiger partial charge >= 0.3 is 11.9 Å². The van der Waals surface area contributed by atoms with E-state index in [1.54, 1.807) is 36.4 Å². The Hall–Kier alpha value is -4.51. The van der Waals surface area contributed by atoms with Crippen LogP contribution in [-0.4, -0.2) is 36.5 Å². The zero-order chi connectivity index (χ0) is 30.1. The largest absolute Gasteiger partial charge is 0.423 e. The molecule has 0 saturated heterocycles. The van der Waals surface area contributed by atoms with Gasteiger partial charge in [0.05, 0.1) is 23.9 Å². The van der Waals surface area contributed by atoms with Crippen molar-refractivity contribution in [3.8, 4) is 11.5 Å². The molecule has 0 aliphatic rings. The van der Waals surface area contributed by atoms with Crippen LogP contribution in [0.2, 0.25) is 10.0 Å². The second-order valence-electron chi connectivity index (χ2n) is 8.48. The van der Waals surface area contributed by atoms with E-state index in [9.17, 15) is 19.2 Å². The summed E-state index contributed by atoms with van der Waals surface area (Å²) in [4.78, 5) is 49.8. The van der Waals surface area contributed by atoms with Crippen molar-refractivity contribution >= 4 is 69.1 Å². The zero-order valence-corrected chi connectivity index (χ0v) is 24.6. The summed E-state index contributed by atoms with van der Waals surface area (Å²) >= 11 is 15.1. The standard InChI is InChI=1S/C30H20BrCl2N3O6/c31-22-3-1-2-20(14-22)28(38)34-17-27(37)36-35-16-21-8-13-25(41-29(39)18-4-9-23(32)10-5-18)15-26(21)42-30(40)19-6-11-24(33)12-7-19/h1-16H,17H2,(H,34,38)(H,36,37)/b35-16-.